The van der Waals surface area contributed by atoms with E-state index in [0.717, 1.165) is 13.2 Å². The van der Waals surface area contributed by atoms with Crippen LogP contribution in [0.25, 0.3) is 0 Å². The Morgan fingerprint density at radius 1 is 1.04 bits per heavy atom. The van der Waals surface area contributed by atoms with Crippen molar-refractivity contribution in [3.05, 3.63) is 53.9 Å². The Hall–Kier alpha value is -1.94. The van der Waals surface area contributed by atoms with Crippen LogP contribution in [0, 0.1) is 5.92 Å². The topological polar surface area (TPSA) is 38.2 Å². The highest BCUT2D eigenvalue weighted by molar-refractivity contribution is 5.33. The summed E-state index contributed by atoms with van der Waals surface area (Å²) in [5.41, 5.74) is 3.07. The highest BCUT2D eigenvalue weighted by Crippen LogP contribution is 2.28. The summed E-state index contributed by atoms with van der Waals surface area (Å²) in [5, 5.41) is 0. The average molecular weight is 309 g/mol. The molecule has 0 radical (unpaired) electrons. The number of fused-ring (bicyclic) bond motifs is 1. The highest BCUT2D eigenvalue weighted by Gasteiger charge is 2.30. The summed E-state index contributed by atoms with van der Waals surface area (Å²) >= 11 is 0. The van der Waals surface area contributed by atoms with Gasteiger partial charge in [0, 0.05) is 30.9 Å². The fourth-order valence-corrected chi connectivity index (χ4v) is 3.91. The van der Waals surface area contributed by atoms with E-state index in [9.17, 15) is 0 Å². The van der Waals surface area contributed by atoms with E-state index in [1.807, 2.05) is 6.07 Å². The molecule has 2 heterocycles. The summed E-state index contributed by atoms with van der Waals surface area (Å²) in [6.07, 6.45) is 8.35. The minimum Gasteiger partial charge on any atom is -0.463 e. The smallest absolute Gasteiger partial charge is 0.316 e. The molecule has 4 heteroatoms. The van der Waals surface area contributed by atoms with Crippen LogP contribution in [0.5, 0.6) is 6.01 Å². The lowest BCUT2D eigenvalue weighted by Gasteiger charge is -2.36. The second-order valence-electron chi connectivity index (χ2n) is 6.68. The average Bonchev–Trinajstić information content (AvgIpc) is 3.05. The number of rotatable bonds is 4. The Morgan fingerprint density at radius 2 is 1.78 bits per heavy atom. The molecule has 120 valence electrons. The van der Waals surface area contributed by atoms with Crippen molar-refractivity contribution < 1.29 is 4.74 Å². The first-order valence-electron chi connectivity index (χ1n) is 8.59. The molecule has 1 aromatic carbocycles. The predicted molar refractivity (Wildman–Crippen MR) is 89.5 cm³/mol. The van der Waals surface area contributed by atoms with Crippen LogP contribution in [0.3, 0.4) is 0 Å². The van der Waals surface area contributed by atoms with Gasteiger partial charge < -0.3 is 4.74 Å². The maximum absolute atomic E-state index is 5.77. The van der Waals surface area contributed by atoms with Gasteiger partial charge in [-0.15, -0.1) is 0 Å². The second-order valence-corrected chi connectivity index (χ2v) is 6.68. The van der Waals surface area contributed by atoms with Gasteiger partial charge in [-0.3, -0.25) is 4.90 Å². The molecule has 0 spiro atoms. The zero-order valence-electron chi connectivity index (χ0n) is 13.4. The SMILES string of the molecule is c1cnc(OCC2CCCN(C3Cc4ccccc4C3)C2)nc1. The summed E-state index contributed by atoms with van der Waals surface area (Å²) in [7, 11) is 0. The van der Waals surface area contributed by atoms with E-state index in [1.54, 1.807) is 12.4 Å². The molecule has 1 aliphatic heterocycles. The third kappa shape index (κ3) is 3.37. The van der Waals surface area contributed by atoms with E-state index in [0.29, 0.717) is 18.0 Å². The minimum atomic E-state index is 0.498. The third-order valence-electron chi connectivity index (χ3n) is 5.09. The normalized spacial score (nSPS) is 22.0. The quantitative estimate of drug-likeness (QED) is 0.870. The maximum atomic E-state index is 5.77. The van der Waals surface area contributed by atoms with Crippen LogP contribution in [0.1, 0.15) is 24.0 Å². The molecule has 0 saturated carbocycles. The number of nitrogens with zero attached hydrogens (tertiary/aromatic N) is 3. The van der Waals surface area contributed by atoms with Gasteiger partial charge in [-0.1, -0.05) is 24.3 Å². The Balaban J connectivity index is 1.33. The van der Waals surface area contributed by atoms with Gasteiger partial charge in [-0.25, -0.2) is 9.97 Å². The number of hydrogen-bond donors (Lipinski definition) is 0. The van der Waals surface area contributed by atoms with Crippen LogP contribution < -0.4 is 4.74 Å². The van der Waals surface area contributed by atoms with Crippen molar-refractivity contribution in [1.82, 2.24) is 14.9 Å². The van der Waals surface area contributed by atoms with Crippen LogP contribution >= 0.6 is 0 Å². The monoisotopic (exact) mass is 309 g/mol. The number of benzene rings is 1. The van der Waals surface area contributed by atoms with Gasteiger partial charge >= 0.3 is 6.01 Å². The zero-order valence-corrected chi connectivity index (χ0v) is 13.4. The number of aromatic nitrogens is 2. The van der Waals surface area contributed by atoms with Crippen molar-refractivity contribution in [2.45, 2.75) is 31.7 Å². The van der Waals surface area contributed by atoms with Gasteiger partial charge in [0.15, 0.2) is 0 Å². The van der Waals surface area contributed by atoms with E-state index >= 15 is 0 Å². The van der Waals surface area contributed by atoms with Crippen LogP contribution in [0.15, 0.2) is 42.7 Å². The molecule has 0 amide bonds. The van der Waals surface area contributed by atoms with Crippen LogP contribution in [0.2, 0.25) is 0 Å². The zero-order chi connectivity index (χ0) is 15.5. The van der Waals surface area contributed by atoms with Gasteiger partial charge in [0.25, 0.3) is 0 Å². The standard InChI is InChI=1S/C19H23N3O/c1-2-7-17-12-18(11-16(17)6-1)22-10-3-5-15(13-22)14-23-19-20-8-4-9-21-19/h1-2,4,6-9,15,18H,3,5,10-14H2. The van der Waals surface area contributed by atoms with Gasteiger partial charge in [0.1, 0.15) is 0 Å². The van der Waals surface area contributed by atoms with Crippen LogP contribution in [-0.4, -0.2) is 40.6 Å². The molecule has 2 aromatic rings. The van der Waals surface area contributed by atoms with E-state index in [1.165, 1.54) is 43.4 Å². The van der Waals surface area contributed by atoms with E-state index in [-0.39, 0.29) is 0 Å². The summed E-state index contributed by atoms with van der Waals surface area (Å²) in [6.45, 7) is 3.07. The number of hydrogen-bond acceptors (Lipinski definition) is 4. The van der Waals surface area contributed by atoms with Crippen molar-refractivity contribution in [3.63, 3.8) is 0 Å². The fourth-order valence-electron chi connectivity index (χ4n) is 3.91. The first-order valence-corrected chi connectivity index (χ1v) is 8.59. The fraction of sp³-hybridized carbons (Fsp3) is 0.474. The van der Waals surface area contributed by atoms with Gasteiger partial charge in [0.2, 0.25) is 0 Å². The highest BCUT2D eigenvalue weighted by atomic mass is 16.5. The summed E-state index contributed by atoms with van der Waals surface area (Å²) in [6, 6.07) is 11.9. The van der Waals surface area contributed by atoms with E-state index in [2.05, 4.69) is 39.1 Å². The summed E-state index contributed by atoms with van der Waals surface area (Å²) in [5.74, 6) is 0.580. The second kappa shape index (κ2) is 6.67. The molecular formula is C19H23N3O. The molecule has 4 nitrogen and oxygen atoms in total. The van der Waals surface area contributed by atoms with Crippen molar-refractivity contribution in [1.29, 1.82) is 0 Å². The predicted octanol–water partition coefficient (Wildman–Crippen LogP) is 2.73. The first kappa shape index (κ1) is 14.6. The molecule has 2 aliphatic rings. The Labute approximate surface area is 137 Å². The summed E-state index contributed by atoms with van der Waals surface area (Å²) in [4.78, 5) is 10.9. The van der Waals surface area contributed by atoms with Crippen molar-refractivity contribution >= 4 is 0 Å². The molecule has 1 saturated heterocycles. The van der Waals surface area contributed by atoms with E-state index in [4.69, 9.17) is 4.74 Å². The lowest BCUT2D eigenvalue weighted by atomic mass is 9.97. The lowest BCUT2D eigenvalue weighted by Crippen LogP contribution is -2.44. The van der Waals surface area contributed by atoms with Gasteiger partial charge in [-0.2, -0.15) is 0 Å². The Morgan fingerprint density at radius 3 is 2.52 bits per heavy atom. The number of piperidine rings is 1. The third-order valence-corrected chi connectivity index (χ3v) is 5.09. The van der Waals surface area contributed by atoms with Gasteiger partial charge in [0.05, 0.1) is 6.61 Å². The van der Waals surface area contributed by atoms with Crippen molar-refractivity contribution in [2.75, 3.05) is 19.7 Å². The molecule has 1 unspecified atom stereocenters. The molecule has 23 heavy (non-hydrogen) atoms. The molecule has 1 aromatic heterocycles. The van der Waals surface area contributed by atoms with Crippen molar-refractivity contribution in [3.8, 4) is 6.01 Å². The molecule has 0 bridgehead atoms. The Kier molecular flexibility index (Phi) is 4.24. The largest absolute Gasteiger partial charge is 0.463 e. The maximum Gasteiger partial charge on any atom is 0.316 e. The van der Waals surface area contributed by atoms with Gasteiger partial charge in [-0.05, 0) is 49.4 Å². The molecule has 4 rings (SSSR count). The van der Waals surface area contributed by atoms with Crippen molar-refractivity contribution in [2.24, 2.45) is 5.92 Å². The molecule has 1 atom stereocenters. The summed E-state index contributed by atoms with van der Waals surface area (Å²) < 4.78 is 5.77. The number of likely N-dealkylation sites (tertiary alicyclic amines) is 1. The molecule has 0 N–H and O–H groups in total. The Bertz CT molecular complexity index is 621. The van der Waals surface area contributed by atoms with Crippen LogP contribution in [0.4, 0.5) is 0 Å². The minimum absolute atomic E-state index is 0.498. The molecular weight excluding hydrogens is 286 g/mol. The van der Waals surface area contributed by atoms with Crippen LogP contribution in [-0.2, 0) is 12.8 Å². The van der Waals surface area contributed by atoms with E-state index < -0.39 is 0 Å². The first-order chi connectivity index (χ1) is 11.4. The lowest BCUT2D eigenvalue weighted by molar-refractivity contribution is 0.0947. The number of ether oxygens (including phenoxy) is 1. The molecule has 1 aliphatic carbocycles. The molecule has 1 fully saturated rings.